The Bertz CT molecular complexity index is 399. The quantitative estimate of drug-likeness (QED) is 0.673. The predicted molar refractivity (Wildman–Crippen MR) is 88.0 cm³/mol. The molecule has 0 unspecified atom stereocenters. The molecule has 0 saturated carbocycles. The second kappa shape index (κ2) is 9.54. The lowest BCUT2D eigenvalue weighted by Gasteiger charge is -2.19. The van der Waals surface area contributed by atoms with Crippen molar-refractivity contribution in [1.29, 1.82) is 0 Å². The molecule has 0 bridgehead atoms. The van der Waals surface area contributed by atoms with Crippen molar-refractivity contribution in [3.05, 3.63) is 21.4 Å². The van der Waals surface area contributed by atoms with Crippen LogP contribution < -0.4 is 5.32 Å². The van der Waals surface area contributed by atoms with Crippen LogP contribution in [-0.4, -0.2) is 39.1 Å². The minimum Gasteiger partial charge on any atom is -0.382 e. The number of hydrogen-bond acceptors (Lipinski definition) is 5. The van der Waals surface area contributed by atoms with Crippen LogP contribution >= 0.6 is 11.3 Å². The zero-order valence-corrected chi connectivity index (χ0v) is 14.8. The molecule has 4 nitrogen and oxygen atoms in total. The number of thiophene rings is 1. The van der Waals surface area contributed by atoms with Crippen molar-refractivity contribution in [2.45, 2.75) is 46.4 Å². The van der Waals surface area contributed by atoms with Crippen LogP contribution in [-0.2, 0) is 27.4 Å². The molecule has 1 N–H and O–H groups in total. The van der Waals surface area contributed by atoms with Crippen LogP contribution in [0.5, 0.6) is 0 Å². The molecule has 1 aromatic heterocycles. The van der Waals surface area contributed by atoms with Crippen molar-refractivity contribution < 1.29 is 14.2 Å². The van der Waals surface area contributed by atoms with Crippen LogP contribution in [0.2, 0.25) is 0 Å². The van der Waals surface area contributed by atoms with E-state index in [0.29, 0.717) is 33.0 Å². The number of rotatable bonds is 10. The molecule has 0 spiro atoms. The third-order valence-corrected chi connectivity index (χ3v) is 4.02. The van der Waals surface area contributed by atoms with Gasteiger partial charge in [0.1, 0.15) is 0 Å². The molecule has 1 rings (SSSR count). The third-order valence-electron chi connectivity index (χ3n) is 2.93. The first-order valence-corrected chi connectivity index (χ1v) is 8.21. The lowest BCUT2D eigenvalue weighted by Crippen LogP contribution is -2.34. The fourth-order valence-corrected chi connectivity index (χ4v) is 2.70. The van der Waals surface area contributed by atoms with E-state index in [4.69, 9.17) is 14.2 Å². The molecule has 122 valence electrons. The maximum absolute atomic E-state index is 5.66. The highest BCUT2D eigenvalue weighted by atomic mass is 32.1. The summed E-state index contributed by atoms with van der Waals surface area (Å²) in [7, 11) is 1.67. The Morgan fingerprint density at radius 3 is 2.43 bits per heavy atom. The van der Waals surface area contributed by atoms with Gasteiger partial charge in [0.25, 0.3) is 0 Å². The normalized spacial score (nSPS) is 12.0. The highest BCUT2D eigenvalue weighted by Crippen LogP contribution is 2.22. The van der Waals surface area contributed by atoms with Gasteiger partial charge in [0.2, 0.25) is 0 Å². The van der Waals surface area contributed by atoms with E-state index in [9.17, 15) is 0 Å². The summed E-state index contributed by atoms with van der Waals surface area (Å²) < 4.78 is 15.9. The Morgan fingerprint density at radius 2 is 1.76 bits per heavy atom. The molecule has 0 fully saturated rings. The molecule has 1 heterocycles. The van der Waals surface area contributed by atoms with E-state index in [1.807, 2.05) is 11.3 Å². The fourth-order valence-electron chi connectivity index (χ4n) is 1.71. The summed E-state index contributed by atoms with van der Waals surface area (Å²) in [5.41, 5.74) is 1.43. The first-order valence-electron chi connectivity index (χ1n) is 7.40. The second-order valence-electron chi connectivity index (χ2n) is 6.06. The molecule has 0 aliphatic heterocycles. The Kier molecular flexibility index (Phi) is 8.44. The van der Waals surface area contributed by atoms with Gasteiger partial charge in [0.15, 0.2) is 0 Å². The molecule has 0 radical (unpaired) electrons. The molecule has 0 aliphatic rings. The van der Waals surface area contributed by atoms with Gasteiger partial charge in [0, 0.05) is 28.9 Å². The first-order chi connectivity index (χ1) is 9.92. The van der Waals surface area contributed by atoms with E-state index in [1.165, 1.54) is 15.3 Å². The minimum atomic E-state index is 0.147. The summed E-state index contributed by atoms with van der Waals surface area (Å²) in [6, 6.07) is 2.24. The van der Waals surface area contributed by atoms with Crippen molar-refractivity contribution >= 4 is 11.3 Å². The Hall–Kier alpha value is -0.460. The molecular formula is C16H29NO3S. The van der Waals surface area contributed by atoms with Gasteiger partial charge in [0.05, 0.1) is 33.0 Å². The summed E-state index contributed by atoms with van der Waals surface area (Å²) in [5, 5.41) is 3.51. The van der Waals surface area contributed by atoms with Crippen LogP contribution in [0.25, 0.3) is 0 Å². The lowest BCUT2D eigenvalue weighted by molar-refractivity contribution is 0.0199. The minimum absolute atomic E-state index is 0.147. The van der Waals surface area contributed by atoms with Crippen molar-refractivity contribution in [3.8, 4) is 0 Å². The largest absolute Gasteiger partial charge is 0.382 e. The third kappa shape index (κ3) is 8.53. The summed E-state index contributed by atoms with van der Waals surface area (Å²) in [4.78, 5) is 2.69. The average molecular weight is 315 g/mol. The fraction of sp³-hybridized carbons (Fsp3) is 0.750. The second-order valence-corrected chi connectivity index (χ2v) is 7.40. The van der Waals surface area contributed by atoms with Gasteiger partial charge in [-0.1, -0.05) is 0 Å². The molecule has 0 amide bonds. The smallest absolute Gasteiger partial charge is 0.0728 e. The van der Waals surface area contributed by atoms with Crippen LogP contribution in [0, 0.1) is 6.92 Å². The Balaban J connectivity index is 2.24. The Morgan fingerprint density at radius 1 is 1.10 bits per heavy atom. The Labute approximate surface area is 132 Å². The van der Waals surface area contributed by atoms with Crippen molar-refractivity contribution in [1.82, 2.24) is 5.32 Å². The van der Waals surface area contributed by atoms with E-state index in [0.717, 1.165) is 6.54 Å². The SMILES string of the molecule is COCCOCCOCc1cc(CNC(C)(C)C)sc1C. The van der Waals surface area contributed by atoms with E-state index in [2.05, 4.69) is 39.1 Å². The number of aryl methyl sites for hydroxylation is 1. The van der Waals surface area contributed by atoms with Crippen LogP contribution in [0.1, 0.15) is 36.1 Å². The molecule has 1 aromatic rings. The monoisotopic (exact) mass is 315 g/mol. The molecule has 21 heavy (non-hydrogen) atoms. The highest BCUT2D eigenvalue weighted by Gasteiger charge is 2.11. The molecule has 0 atom stereocenters. The topological polar surface area (TPSA) is 39.7 Å². The first kappa shape index (κ1) is 18.6. The molecule has 0 aromatic carbocycles. The molecule has 5 heteroatoms. The lowest BCUT2D eigenvalue weighted by atomic mass is 10.1. The zero-order valence-electron chi connectivity index (χ0n) is 14.0. The number of hydrogen-bond donors (Lipinski definition) is 1. The average Bonchev–Trinajstić information content (AvgIpc) is 2.75. The summed E-state index contributed by atoms with van der Waals surface area (Å²) in [6.07, 6.45) is 0. The van der Waals surface area contributed by atoms with Crippen LogP contribution in [0.3, 0.4) is 0 Å². The predicted octanol–water partition coefficient (Wildman–Crippen LogP) is 3.12. The van der Waals surface area contributed by atoms with E-state index < -0.39 is 0 Å². The van der Waals surface area contributed by atoms with E-state index in [1.54, 1.807) is 7.11 Å². The van der Waals surface area contributed by atoms with Gasteiger partial charge in [-0.3, -0.25) is 0 Å². The van der Waals surface area contributed by atoms with Gasteiger partial charge in [-0.2, -0.15) is 0 Å². The maximum Gasteiger partial charge on any atom is 0.0728 e. The standard InChI is InChI=1S/C16H29NO3S/c1-13-14(12-20-9-8-19-7-6-18-5)10-15(21-13)11-17-16(2,3)4/h10,17H,6-9,11-12H2,1-5H3. The van der Waals surface area contributed by atoms with E-state index in [-0.39, 0.29) is 5.54 Å². The van der Waals surface area contributed by atoms with Gasteiger partial charge in [-0.15, -0.1) is 11.3 Å². The number of nitrogens with one attached hydrogen (secondary N) is 1. The van der Waals surface area contributed by atoms with Crippen LogP contribution in [0.15, 0.2) is 6.07 Å². The summed E-state index contributed by atoms with van der Waals surface area (Å²) in [6.45, 7) is 12.8. The molecule has 0 saturated heterocycles. The van der Waals surface area contributed by atoms with E-state index >= 15 is 0 Å². The summed E-state index contributed by atoms with van der Waals surface area (Å²) in [5.74, 6) is 0. The van der Waals surface area contributed by atoms with Gasteiger partial charge in [-0.05, 0) is 39.3 Å². The zero-order chi connectivity index (χ0) is 15.7. The van der Waals surface area contributed by atoms with Crippen molar-refractivity contribution in [3.63, 3.8) is 0 Å². The summed E-state index contributed by atoms with van der Waals surface area (Å²) >= 11 is 1.84. The van der Waals surface area contributed by atoms with Crippen molar-refractivity contribution in [2.24, 2.45) is 0 Å². The molecular weight excluding hydrogens is 286 g/mol. The number of methoxy groups -OCH3 is 1. The van der Waals surface area contributed by atoms with Crippen molar-refractivity contribution in [2.75, 3.05) is 33.5 Å². The van der Waals surface area contributed by atoms with Gasteiger partial charge < -0.3 is 19.5 Å². The van der Waals surface area contributed by atoms with Gasteiger partial charge >= 0.3 is 0 Å². The molecule has 0 aliphatic carbocycles. The maximum atomic E-state index is 5.66. The highest BCUT2D eigenvalue weighted by molar-refractivity contribution is 7.12. The number of ether oxygens (including phenoxy) is 3. The van der Waals surface area contributed by atoms with Gasteiger partial charge in [-0.25, -0.2) is 0 Å². The van der Waals surface area contributed by atoms with Crippen LogP contribution in [0.4, 0.5) is 0 Å².